The van der Waals surface area contributed by atoms with E-state index in [0.29, 0.717) is 29.3 Å². The number of rotatable bonds is 6. The first-order chi connectivity index (χ1) is 13.9. The lowest BCUT2D eigenvalue weighted by atomic mass is 10.1. The minimum Gasteiger partial charge on any atom is -0.439 e. The van der Waals surface area contributed by atoms with Crippen LogP contribution in [0.3, 0.4) is 0 Å². The van der Waals surface area contributed by atoms with E-state index in [-0.39, 0.29) is 11.8 Å². The third kappa shape index (κ3) is 5.65. The van der Waals surface area contributed by atoms with Gasteiger partial charge in [0.15, 0.2) is 0 Å². The van der Waals surface area contributed by atoms with Gasteiger partial charge in [-0.05, 0) is 42.0 Å². The van der Waals surface area contributed by atoms with Gasteiger partial charge in [-0.15, -0.1) is 0 Å². The molecule has 0 unspecified atom stereocenters. The van der Waals surface area contributed by atoms with Crippen LogP contribution < -0.4 is 10.1 Å². The molecule has 0 fully saturated rings. The molecule has 1 aromatic heterocycles. The van der Waals surface area contributed by atoms with Gasteiger partial charge in [0.25, 0.3) is 11.8 Å². The van der Waals surface area contributed by atoms with Gasteiger partial charge in [-0.2, -0.15) is 0 Å². The molecule has 2 aromatic carbocycles. The van der Waals surface area contributed by atoms with Crippen molar-refractivity contribution in [2.24, 2.45) is 0 Å². The first-order valence-electron chi connectivity index (χ1n) is 8.90. The van der Waals surface area contributed by atoms with E-state index >= 15 is 0 Å². The molecule has 7 heteroatoms. The molecule has 0 aliphatic carbocycles. The molecule has 0 spiro atoms. The molecular formula is C22H20BrN3O3. The summed E-state index contributed by atoms with van der Waals surface area (Å²) in [7, 11) is 3.42. The molecule has 0 atom stereocenters. The van der Waals surface area contributed by atoms with E-state index < -0.39 is 0 Å². The maximum absolute atomic E-state index is 12.3. The number of pyridine rings is 1. The van der Waals surface area contributed by atoms with Crippen molar-refractivity contribution in [2.45, 2.75) is 6.54 Å². The van der Waals surface area contributed by atoms with Crippen LogP contribution in [0.25, 0.3) is 0 Å². The normalized spacial score (nSPS) is 10.3. The molecule has 6 nitrogen and oxygen atoms in total. The first kappa shape index (κ1) is 20.5. The van der Waals surface area contributed by atoms with Crippen LogP contribution in [0, 0.1) is 0 Å². The van der Waals surface area contributed by atoms with Gasteiger partial charge in [0, 0.05) is 42.9 Å². The van der Waals surface area contributed by atoms with Gasteiger partial charge in [-0.25, -0.2) is 4.98 Å². The van der Waals surface area contributed by atoms with Crippen LogP contribution in [0.2, 0.25) is 0 Å². The Morgan fingerprint density at radius 2 is 1.76 bits per heavy atom. The lowest BCUT2D eigenvalue weighted by molar-refractivity contribution is 0.0827. The molecule has 3 rings (SSSR count). The summed E-state index contributed by atoms with van der Waals surface area (Å²) in [6.07, 6.45) is 1.47. The van der Waals surface area contributed by atoms with Crippen molar-refractivity contribution in [1.29, 1.82) is 0 Å². The van der Waals surface area contributed by atoms with Gasteiger partial charge >= 0.3 is 0 Å². The highest BCUT2D eigenvalue weighted by Gasteiger charge is 2.09. The van der Waals surface area contributed by atoms with Crippen LogP contribution in [-0.2, 0) is 6.54 Å². The summed E-state index contributed by atoms with van der Waals surface area (Å²) >= 11 is 3.39. The molecule has 0 radical (unpaired) electrons. The largest absolute Gasteiger partial charge is 0.439 e. The number of amides is 2. The zero-order valence-electron chi connectivity index (χ0n) is 16.1. The van der Waals surface area contributed by atoms with Gasteiger partial charge < -0.3 is 15.0 Å². The Bertz CT molecular complexity index is 1000. The van der Waals surface area contributed by atoms with E-state index in [0.717, 1.165) is 10.0 Å². The monoisotopic (exact) mass is 453 g/mol. The van der Waals surface area contributed by atoms with Crippen molar-refractivity contribution in [3.8, 4) is 11.6 Å². The van der Waals surface area contributed by atoms with Gasteiger partial charge in [0.05, 0.1) is 5.56 Å². The number of halogens is 1. The van der Waals surface area contributed by atoms with Crippen LogP contribution in [-0.4, -0.2) is 35.8 Å². The summed E-state index contributed by atoms with van der Waals surface area (Å²) in [5.74, 6) is 0.762. The number of nitrogens with one attached hydrogen (secondary N) is 1. The predicted octanol–water partition coefficient (Wildman–Crippen LogP) is 4.27. The Labute approximate surface area is 177 Å². The van der Waals surface area contributed by atoms with Crippen LogP contribution in [0.5, 0.6) is 11.6 Å². The number of ether oxygens (including phenoxy) is 1. The van der Waals surface area contributed by atoms with Crippen LogP contribution in [0.4, 0.5) is 0 Å². The molecule has 0 saturated heterocycles. The summed E-state index contributed by atoms with van der Waals surface area (Å²) in [5, 5.41) is 2.84. The summed E-state index contributed by atoms with van der Waals surface area (Å²) in [6, 6.07) is 17.9. The van der Waals surface area contributed by atoms with Crippen molar-refractivity contribution < 1.29 is 14.3 Å². The number of carbonyl (C=O) groups excluding carboxylic acids is 2. The smallest absolute Gasteiger partial charge is 0.253 e. The van der Waals surface area contributed by atoms with Gasteiger partial charge in [-0.3, -0.25) is 9.59 Å². The zero-order valence-corrected chi connectivity index (χ0v) is 17.6. The van der Waals surface area contributed by atoms with E-state index in [1.165, 1.54) is 11.1 Å². The van der Waals surface area contributed by atoms with Crippen LogP contribution in [0.15, 0.2) is 71.3 Å². The second kappa shape index (κ2) is 9.34. The molecule has 0 aliphatic rings. The summed E-state index contributed by atoms with van der Waals surface area (Å²) < 4.78 is 6.57. The highest BCUT2D eigenvalue weighted by Crippen LogP contribution is 2.23. The van der Waals surface area contributed by atoms with Crippen molar-refractivity contribution in [1.82, 2.24) is 15.2 Å². The summed E-state index contributed by atoms with van der Waals surface area (Å²) in [5.41, 5.74) is 1.94. The number of hydrogen-bond acceptors (Lipinski definition) is 4. The topological polar surface area (TPSA) is 71.5 Å². The predicted molar refractivity (Wildman–Crippen MR) is 114 cm³/mol. The molecule has 0 saturated carbocycles. The molecule has 0 bridgehead atoms. The molecule has 148 valence electrons. The Morgan fingerprint density at radius 3 is 2.38 bits per heavy atom. The van der Waals surface area contributed by atoms with Gasteiger partial charge in [0.2, 0.25) is 5.88 Å². The maximum atomic E-state index is 12.3. The van der Waals surface area contributed by atoms with E-state index in [1.807, 2.05) is 36.4 Å². The van der Waals surface area contributed by atoms with Crippen molar-refractivity contribution in [2.75, 3.05) is 14.1 Å². The van der Waals surface area contributed by atoms with Crippen molar-refractivity contribution >= 4 is 27.7 Å². The van der Waals surface area contributed by atoms with Crippen LogP contribution in [0.1, 0.15) is 26.3 Å². The van der Waals surface area contributed by atoms with E-state index in [9.17, 15) is 9.59 Å². The van der Waals surface area contributed by atoms with Gasteiger partial charge in [0.1, 0.15) is 5.75 Å². The lowest BCUT2D eigenvalue weighted by Crippen LogP contribution is -2.23. The number of carbonyl (C=O) groups is 2. The van der Waals surface area contributed by atoms with E-state index in [4.69, 9.17) is 4.74 Å². The minimum absolute atomic E-state index is 0.0585. The number of nitrogens with zero attached hydrogens (tertiary/aromatic N) is 2. The summed E-state index contributed by atoms with van der Waals surface area (Å²) in [4.78, 5) is 29.9. The second-order valence-electron chi connectivity index (χ2n) is 6.52. The SMILES string of the molecule is CN(C)C(=O)c1ccc(CNC(=O)c2ccc(Oc3cccc(Br)c3)nc2)cc1. The number of benzene rings is 2. The Kier molecular flexibility index (Phi) is 6.61. The second-order valence-corrected chi connectivity index (χ2v) is 7.44. The molecule has 1 N–H and O–H groups in total. The molecule has 29 heavy (non-hydrogen) atoms. The van der Waals surface area contributed by atoms with Crippen molar-refractivity contribution in [3.63, 3.8) is 0 Å². The van der Waals surface area contributed by atoms with Crippen LogP contribution >= 0.6 is 15.9 Å². The lowest BCUT2D eigenvalue weighted by Gasteiger charge is -2.11. The molecule has 1 heterocycles. The third-order valence-electron chi connectivity index (χ3n) is 4.08. The minimum atomic E-state index is -0.236. The highest BCUT2D eigenvalue weighted by atomic mass is 79.9. The zero-order chi connectivity index (χ0) is 20.8. The molecule has 0 aliphatic heterocycles. The molecule has 2 amide bonds. The average Bonchev–Trinajstić information content (AvgIpc) is 2.72. The Hall–Kier alpha value is -3.19. The first-order valence-corrected chi connectivity index (χ1v) is 9.70. The fourth-order valence-electron chi connectivity index (χ4n) is 2.53. The number of aromatic nitrogens is 1. The van der Waals surface area contributed by atoms with Gasteiger partial charge in [-0.1, -0.05) is 34.1 Å². The maximum Gasteiger partial charge on any atom is 0.253 e. The molecular weight excluding hydrogens is 434 g/mol. The fourth-order valence-corrected chi connectivity index (χ4v) is 2.91. The van der Waals surface area contributed by atoms with E-state index in [1.54, 1.807) is 38.4 Å². The number of hydrogen-bond donors (Lipinski definition) is 1. The fraction of sp³-hybridized carbons (Fsp3) is 0.136. The highest BCUT2D eigenvalue weighted by molar-refractivity contribution is 9.10. The Morgan fingerprint density at radius 1 is 1.03 bits per heavy atom. The van der Waals surface area contributed by atoms with E-state index in [2.05, 4.69) is 26.2 Å². The summed E-state index contributed by atoms with van der Waals surface area (Å²) in [6.45, 7) is 0.353. The quantitative estimate of drug-likeness (QED) is 0.604. The standard InChI is InChI=1S/C22H20BrN3O3/c1-26(2)22(28)16-8-6-15(7-9-16)13-25-21(27)17-10-11-20(24-14-17)29-19-5-3-4-18(23)12-19/h3-12,14H,13H2,1-2H3,(H,25,27). The average molecular weight is 454 g/mol. The Balaban J connectivity index is 1.56. The van der Waals surface area contributed by atoms with Crippen molar-refractivity contribution in [3.05, 3.63) is 88.0 Å². The third-order valence-corrected chi connectivity index (χ3v) is 4.57. The molecule has 3 aromatic rings.